The van der Waals surface area contributed by atoms with Gasteiger partial charge in [-0.25, -0.2) is 0 Å². The molecule has 0 amide bonds. The molecule has 12 nitrogen and oxygen atoms in total. The zero-order chi connectivity index (χ0) is 29.4. The lowest BCUT2D eigenvalue weighted by Crippen LogP contribution is -2.06. The fourth-order valence-electron chi connectivity index (χ4n) is 4.28. The number of aryl methyl sites for hydroxylation is 2. The van der Waals surface area contributed by atoms with Crippen molar-refractivity contribution in [2.45, 2.75) is 53.6 Å². The van der Waals surface area contributed by atoms with E-state index in [4.69, 9.17) is 10.5 Å². The molecule has 0 bridgehead atoms. The van der Waals surface area contributed by atoms with Crippen molar-refractivity contribution in [2.75, 3.05) is 0 Å². The Kier molecular flexibility index (Phi) is 9.44. The lowest BCUT2D eigenvalue weighted by atomic mass is 10.1. The molecule has 0 fully saturated rings. The van der Waals surface area contributed by atoms with Gasteiger partial charge in [-0.15, -0.1) is 0 Å². The first-order valence-electron chi connectivity index (χ1n) is 12.5. The van der Waals surface area contributed by atoms with Crippen LogP contribution in [0.4, 0.5) is 11.4 Å². The van der Waals surface area contributed by atoms with Crippen LogP contribution in [0.25, 0.3) is 0 Å². The summed E-state index contributed by atoms with van der Waals surface area (Å²) < 4.78 is 3.30. The lowest BCUT2D eigenvalue weighted by molar-refractivity contribution is -0.386. The summed E-state index contributed by atoms with van der Waals surface area (Å²) >= 11 is 0. The maximum atomic E-state index is 11.1. The molecule has 204 valence electrons. The van der Waals surface area contributed by atoms with E-state index in [2.05, 4.69) is 22.3 Å². The molecule has 0 N–H and O–H groups in total. The molecule has 2 heterocycles. The van der Waals surface area contributed by atoms with Crippen LogP contribution in [0.1, 0.15) is 58.9 Å². The molecule has 2 aromatic heterocycles. The first-order valence-corrected chi connectivity index (χ1v) is 12.5. The van der Waals surface area contributed by atoms with Crippen LogP contribution in [0.5, 0.6) is 0 Å². The van der Waals surface area contributed by atoms with Crippen LogP contribution in [-0.2, 0) is 25.9 Å². The van der Waals surface area contributed by atoms with Crippen LogP contribution in [0.3, 0.4) is 0 Å². The molecule has 0 atom stereocenters. The summed E-state index contributed by atoms with van der Waals surface area (Å²) in [5.41, 5.74) is 5.39. The molecule has 2 aromatic carbocycles. The van der Waals surface area contributed by atoms with Gasteiger partial charge in [0.15, 0.2) is 0 Å². The topological polar surface area (TPSA) is 169 Å². The van der Waals surface area contributed by atoms with E-state index >= 15 is 0 Å². The normalized spacial score (nSPS) is 10.2. The number of nitrogens with zero attached hydrogens (tertiary/aromatic N) is 8. The Morgan fingerprint density at radius 2 is 1.23 bits per heavy atom. The number of nitro groups is 2. The summed E-state index contributed by atoms with van der Waals surface area (Å²) in [5.74, 6) is 0. The van der Waals surface area contributed by atoms with Crippen LogP contribution in [0.15, 0.2) is 48.5 Å². The average molecular weight is 541 g/mol. The van der Waals surface area contributed by atoms with Crippen molar-refractivity contribution in [3.63, 3.8) is 0 Å². The van der Waals surface area contributed by atoms with Gasteiger partial charge in [-0.3, -0.25) is 29.6 Å². The maximum Gasteiger partial charge on any atom is 0.313 e. The quantitative estimate of drug-likeness (QED) is 0.218. The van der Waals surface area contributed by atoms with Crippen molar-refractivity contribution < 1.29 is 9.85 Å². The number of benzene rings is 2. The van der Waals surface area contributed by atoms with E-state index in [1.807, 2.05) is 38.1 Å². The van der Waals surface area contributed by atoms with Crippen molar-refractivity contribution in [3.8, 4) is 12.1 Å². The standard InChI is InChI=1S/2C14H14N4O2/c1-3-13-14(18(19)20)10(2)17(16-13)9-12-6-4-11(8-15)5-7-12;1-3-13-14(18(19)20)10(2)16-17(13)9-12-6-4-11(8-15)5-7-12/h2*4-7H,3,9H2,1-2H3. The maximum absolute atomic E-state index is 11.1. The first kappa shape index (κ1) is 29.2. The predicted molar refractivity (Wildman–Crippen MR) is 147 cm³/mol. The minimum absolute atomic E-state index is 0.0983. The molecule has 4 rings (SSSR count). The Morgan fingerprint density at radius 3 is 1.60 bits per heavy atom. The molecule has 0 aliphatic rings. The van der Waals surface area contributed by atoms with Crippen LogP contribution >= 0.6 is 0 Å². The van der Waals surface area contributed by atoms with Crippen LogP contribution < -0.4 is 0 Å². The Labute approximate surface area is 231 Å². The second-order valence-corrected chi connectivity index (χ2v) is 8.92. The van der Waals surface area contributed by atoms with E-state index in [9.17, 15) is 20.2 Å². The van der Waals surface area contributed by atoms with Crippen molar-refractivity contribution in [1.29, 1.82) is 10.5 Å². The molecule has 0 spiro atoms. The van der Waals surface area contributed by atoms with E-state index in [0.717, 1.165) is 11.1 Å². The third-order valence-corrected chi connectivity index (χ3v) is 6.31. The molecule has 0 saturated heterocycles. The summed E-state index contributed by atoms with van der Waals surface area (Å²) in [4.78, 5) is 21.4. The summed E-state index contributed by atoms with van der Waals surface area (Å²) in [6, 6.07) is 18.3. The Hall–Kier alpha value is -5.36. The minimum Gasteiger partial charge on any atom is -0.258 e. The molecule has 40 heavy (non-hydrogen) atoms. The third-order valence-electron chi connectivity index (χ3n) is 6.31. The second-order valence-electron chi connectivity index (χ2n) is 8.92. The largest absolute Gasteiger partial charge is 0.313 e. The monoisotopic (exact) mass is 540 g/mol. The molecule has 0 aliphatic heterocycles. The zero-order valence-electron chi connectivity index (χ0n) is 22.7. The highest BCUT2D eigenvalue weighted by molar-refractivity contribution is 5.42. The van der Waals surface area contributed by atoms with Gasteiger partial charge in [0.1, 0.15) is 22.8 Å². The average Bonchev–Trinajstić information content (AvgIpc) is 3.44. The van der Waals surface area contributed by atoms with Gasteiger partial charge in [0.2, 0.25) is 0 Å². The van der Waals surface area contributed by atoms with E-state index in [1.54, 1.807) is 47.5 Å². The van der Waals surface area contributed by atoms with Crippen molar-refractivity contribution in [1.82, 2.24) is 19.6 Å². The summed E-state index contributed by atoms with van der Waals surface area (Å²) in [5, 5.41) is 48.2. The van der Waals surface area contributed by atoms with Gasteiger partial charge in [-0.2, -0.15) is 20.7 Å². The highest BCUT2D eigenvalue weighted by atomic mass is 16.6. The smallest absolute Gasteiger partial charge is 0.258 e. The number of rotatable bonds is 8. The second kappa shape index (κ2) is 12.9. The number of nitriles is 2. The zero-order valence-corrected chi connectivity index (χ0v) is 22.7. The van der Waals surface area contributed by atoms with E-state index in [-0.39, 0.29) is 21.2 Å². The van der Waals surface area contributed by atoms with Crippen LogP contribution in [0.2, 0.25) is 0 Å². The Bertz CT molecular complexity index is 1590. The molecular weight excluding hydrogens is 512 g/mol. The summed E-state index contributed by atoms with van der Waals surface area (Å²) in [6.45, 7) is 7.99. The summed E-state index contributed by atoms with van der Waals surface area (Å²) in [6.07, 6.45) is 1.07. The molecular formula is C28H28N8O4. The number of aromatic nitrogens is 4. The van der Waals surface area contributed by atoms with Gasteiger partial charge >= 0.3 is 11.4 Å². The molecule has 12 heteroatoms. The van der Waals surface area contributed by atoms with Gasteiger partial charge in [-0.05, 0) is 62.1 Å². The predicted octanol–water partition coefficient (Wildman–Crippen LogP) is 5.16. The highest BCUT2D eigenvalue weighted by Gasteiger charge is 2.24. The molecule has 0 unspecified atom stereocenters. The van der Waals surface area contributed by atoms with Crippen molar-refractivity contribution >= 4 is 11.4 Å². The van der Waals surface area contributed by atoms with Crippen LogP contribution in [0, 0.1) is 56.7 Å². The molecule has 0 radical (unpaired) electrons. The molecule has 4 aromatic rings. The summed E-state index contributed by atoms with van der Waals surface area (Å²) in [7, 11) is 0. The van der Waals surface area contributed by atoms with Gasteiger partial charge in [0.05, 0.1) is 46.2 Å². The van der Waals surface area contributed by atoms with Gasteiger partial charge in [0.25, 0.3) is 0 Å². The highest BCUT2D eigenvalue weighted by Crippen LogP contribution is 2.25. The van der Waals surface area contributed by atoms with Crippen LogP contribution in [-0.4, -0.2) is 29.4 Å². The first-order chi connectivity index (χ1) is 19.1. The Morgan fingerprint density at radius 1 is 0.750 bits per heavy atom. The fourth-order valence-corrected chi connectivity index (χ4v) is 4.28. The SMILES string of the molecule is CCc1c([N+](=O)[O-])c(C)nn1Cc1ccc(C#N)cc1.CCc1nn(Cc2ccc(C#N)cc2)c(C)c1[N+](=O)[O-]. The fraction of sp³-hybridized carbons (Fsp3) is 0.286. The van der Waals surface area contributed by atoms with E-state index in [0.29, 0.717) is 59.8 Å². The Balaban J connectivity index is 0.000000220. The van der Waals surface area contributed by atoms with E-state index in [1.165, 1.54) is 0 Å². The lowest BCUT2D eigenvalue weighted by Gasteiger charge is -2.05. The number of hydrogen-bond acceptors (Lipinski definition) is 8. The third kappa shape index (κ3) is 6.55. The van der Waals surface area contributed by atoms with Gasteiger partial charge in [0, 0.05) is 0 Å². The van der Waals surface area contributed by atoms with Gasteiger partial charge < -0.3 is 0 Å². The van der Waals surface area contributed by atoms with Crippen molar-refractivity contribution in [2.24, 2.45) is 0 Å². The minimum atomic E-state index is -0.379. The number of hydrogen-bond donors (Lipinski definition) is 0. The molecule has 0 saturated carbocycles. The van der Waals surface area contributed by atoms with Gasteiger partial charge in [-0.1, -0.05) is 38.1 Å². The van der Waals surface area contributed by atoms with Crippen molar-refractivity contribution in [3.05, 3.63) is 114 Å². The molecule has 0 aliphatic carbocycles. The van der Waals surface area contributed by atoms with E-state index < -0.39 is 0 Å².